The van der Waals surface area contributed by atoms with Crippen molar-refractivity contribution >= 4 is 22.9 Å². The Hall–Kier alpha value is -1.07. The molecule has 0 aromatic carbocycles. The summed E-state index contributed by atoms with van der Waals surface area (Å²) >= 11 is 2.08. The van der Waals surface area contributed by atoms with Gasteiger partial charge in [-0.25, -0.2) is 9.97 Å². The fourth-order valence-corrected chi connectivity index (χ4v) is 5.15. The van der Waals surface area contributed by atoms with Crippen LogP contribution in [0.1, 0.15) is 36.9 Å². The molecule has 0 N–H and O–H groups in total. The second-order valence-electron chi connectivity index (χ2n) is 6.69. The standard InChI is InChI=1S/C17H24N4S/c1-20-9-7-13(12-20)11-15-19-14-5-4-8-18-17(14)21(15)16-6-2-3-10-22-16/h4-5,8,13,16H,2-3,6-7,9-12H2,1H3. The number of pyridine rings is 1. The lowest BCUT2D eigenvalue weighted by molar-refractivity contribution is 0.390. The van der Waals surface area contributed by atoms with Crippen LogP contribution in [0.5, 0.6) is 0 Å². The number of fused-ring (bicyclic) bond motifs is 1. The maximum absolute atomic E-state index is 4.95. The summed E-state index contributed by atoms with van der Waals surface area (Å²) in [6, 6.07) is 4.11. The summed E-state index contributed by atoms with van der Waals surface area (Å²) in [7, 11) is 2.22. The van der Waals surface area contributed by atoms with Gasteiger partial charge in [0.05, 0.1) is 5.37 Å². The minimum Gasteiger partial charge on any atom is -0.306 e. The first-order valence-electron chi connectivity index (χ1n) is 8.43. The van der Waals surface area contributed by atoms with E-state index in [0.717, 1.165) is 23.5 Å². The van der Waals surface area contributed by atoms with Crippen molar-refractivity contribution in [2.24, 2.45) is 5.92 Å². The lowest BCUT2D eigenvalue weighted by atomic mass is 10.0. The van der Waals surface area contributed by atoms with Crippen molar-refractivity contribution < 1.29 is 0 Å². The molecule has 2 unspecified atom stereocenters. The van der Waals surface area contributed by atoms with Crippen LogP contribution in [-0.2, 0) is 6.42 Å². The number of nitrogens with zero attached hydrogens (tertiary/aromatic N) is 4. The van der Waals surface area contributed by atoms with Gasteiger partial charge in [0, 0.05) is 19.2 Å². The van der Waals surface area contributed by atoms with Gasteiger partial charge in [0.2, 0.25) is 0 Å². The second-order valence-corrected chi connectivity index (χ2v) is 7.97. The molecule has 22 heavy (non-hydrogen) atoms. The quantitative estimate of drug-likeness (QED) is 0.870. The lowest BCUT2D eigenvalue weighted by Crippen LogP contribution is -2.18. The van der Waals surface area contributed by atoms with Crippen LogP contribution in [0, 0.1) is 5.92 Å². The van der Waals surface area contributed by atoms with Crippen molar-refractivity contribution in [3.8, 4) is 0 Å². The van der Waals surface area contributed by atoms with E-state index in [-0.39, 0.29) is 0 Å². The second kappa shape index (κ2) is 6.20. The Morgan fingerprint density at radius 3 is 3.05 bits per heavy atom. The van der Waals surface area contributed by atoms with Crippen LogP contribution in [0.15, 0.2) is 18.3 Å². The van der Waals surface area contributed by atoms with Crippen LogP contribution in [-0.4, -0.2) is 45.3 Å². The molecule has 5 heteroatoms. The van der Waals surface area contributed by atoms with E-state index in [0.29, 0.717) is 5.37 Å². The van der Waals surface area contributed by atoms with Gasteiger partial charge in [0.1, 0.15) is 11.3 Å². The number of thioether (sulfide) groups is 1. The number of aromatic nitrogens is 3. The number of rotatable bonds is 3. The SMILES string of the molecule is CN1CCC(Cc2nc3cccnc3n2C2CCCCS2)C1. The van der Waals surface area contributed by atoms with Crippen LogP contribution < -0.4 is 0 Å². The van der Waals surface area contributed by atoms with Gasteiger partial charge in [-0.15, -0.1) is 11.8 Å². The van der Waals surface area contributed by atoms with E-state index in [4.69, 9.17) is 4.98 Å². The minimum absolute atomic E-state index is 0.530. The summed E-state index contributed by atoms with van der Waals surface area (Å²) in [5.41, 5.74) is 2.15. The Morgan fingerprint density at radius 1 is 1.32 bits per heavy atom. The van der Waals surface area contributed by atoms with Gasteiger partial charge < -0.3 is 4.90 Å². The first kappa shape index (κ1) is 14.5. The largest absolute Gasteiger partial charge is 0.306 e. The van der Waals surface area contributed by atoms with E-state index in [1.807, 2.05) is 12.3 Å². The van der Waals surface area contributed by atoms with Crippen LogP contribution in [0.2, 0.25) is 0 Å². The smallest absolute Gasteiger partial charge is 0.160 e. The molecule has 2 atom stereocenters. The number of hydrogen-bond acceptors (Lipinski definition) is 4. The number of imidazole rings is 1. The maximum Gasteiger partial charge on any atom is 0.160 e. The van der Waals surface area contributed by atoms with Gasteiger partial charge in [0.15, 0.2) is 5.65 Å². The molecule has 4 rings (SSSR count). The first-order chi connectivity index (χ1) is 10.8. The van der Waals surface area contributed by atoms with E-state index in [1.54, 1.807) is 0 Å². The molecule has 2 fully saturated rings. The molecule has 2 aliphatic rings. The molecule has 0 spiro atoms. The molecule has 2 aliphatic heterocycles. The van der Waals surface area contributed by atoms with Gasteiger partial charge in [0.25, 0.3) is 0 Å². The molecule has 118 valence electrons. The predicted molar refractivity (Wildman–Crippen MR) is 92.2 cm³/mol. The first-order valence-corrected chi connectivity index (χ1v) is 9.48. The normalized spacial score (nSPS) is 26.8. The lowest BCUT2D eigenvalue weighted by Gasteiger charge is -2.25. The van der Waals surface area contributed by atoms with Crippen molar-refractivity contribution in [3.05, 3.63) is 24.2 Å². The summed E-state index contributed by atoms with van der Waals surface area (Å²) in [6.07, 6.45) is 8.23. The number of hydrogen-bond donors (Lipinski definition) is 0. The van der Waals surface area contributed by atoms with Crippen LogP contribution in [0.3, 0.4) is 0 Å². The molecule has 0 amide bonds. The van der Waals surface area contributed by atoms with Crippen LogP contribution >= 0.6 is 11.8 Å². The molecule has 0 bridgehead atoms. The molecular weight excluding hydrogens is 292 g/mol. The molecule has 2 aromatic rings. The van der Waals surface area contributed by atoms with E-state index in [1.165, 1.54) is 50.4 Å². The van der Waals surface area contributed by atoms with Gasteiger partial charge >= 0.3 is 0 Å². The molecule has 4 heterocycles. The predicted octanol–water partition coefficient (Wildman–Crippen LogP) is 3.34. The Balaban J connectivity index is 1.69. The maximum atomic E-state index is 4.95. The zero-order valence-electron chi connectivity index (χ0n) is 13.2. The average Bonchev–Trinajstić information content (AvgIpc) is 3.11. The fourth-order valence-electron chi connectivity index (χ4n) is 3.80. The molecule has 4 nitrogen and oxygen atoms in total. The Bertz CT molecular complexity index is 647. The van der Waals surface area contributed by atoms with E-state index >= 15 is 0 Å². The zero-order chi connectivity index (χ0) is 14.9. The summed E-state index contributed by atoms with van der Waals surface area (Å²) in [5, 5.41) is 0.530. The highest BCUT2D eigenvalue weighted by Crippen LogP contribution is 2.37. The van der Waals surface area contributed by atoms with Gasteiger partial charge in [-0.3, -0.25) is 4.57 Å². The van der Waals surface area contributed by atoms with Gasteiger partial charge in [-0.2, -0.15) is 0 Å². The fraction of sp³-hybridized carbons (Fsp3) is 0.647. The highest BCUT2D eigenvalue weighted by Gasteiger charge is 2.26. The summed E-state index contributed by atoms with van der Waals surface area (Å²) in [5.74, 6) is 3.27. The third kappa shape index (κ3) is 2.76. The Kier molecular flexibility index (Phi) is 4.09. The summed E-state index contributed by atoms with van der Waals surface area (Å²) in [4.78, 5) is 12.0. The third-order valence-corrected chi connectivity index (χ3v) is 6.28. The minimum atomic E-state index is 0.530. The van der Waals surface area contributed by atoms with Crippen molar-refractivity contribution in [1.82, 2.24) is 19.4 Å². The highest BCUT2D eigenvalue weighted by atomic mass is 32.2. The van der Waals surface area contributed by atoms with Gasteiger partial charge in [-0.05, 0) is 63.1 Å². The molecule has 2 saturated heterocycles. The highest BCUT2D eigenvalue weighted by molar-refractivity contribution is 7.99. The topological polar surface area (TPSA) is 34.0 Å². The van der Waals surface area contributed by atoms with E-state index in [9.17, 15) is 0 Å². The molecule has 0 radical (unpaired) electrons. The van der Waals surface area contributed by atoms with Crippen LogP contribution in [0.4, 0.5) is 0 Å². The molecule has 0 aliphatic carbocycles. The molecule has 2 aromatic heterocycles. The van der Waals surface area contributed by atoms with Gasteiger partial charge in [-0.1, -0.05) is 0 Å². The monoisotopic (exact) mass is 316 g/mol. The molecular formula is C17H24N4S. The van der Waals surface area contributed by atoms with Crippen molar-refractivity contribution in [1.29, 1.82) is 0 Å². The Labute approximate surface area is 136 Å². The Morgan fingerprint density at radius 2 is 2.27 bits per heavy atom. The van der Waals surface area contributed by atoms with E-state index in [2.05, 4.69) is 39.3 Å². The van der Waals surface area contributed by atoms with Crippen molar-refractivity contribution in [2.45, 2.75) is 37.5 Å². The van der Waals surface area contributed by atoms with Crippen LogP contribution in [0.25, 0.3) is 11.2 Å². The third-order valence-electron chi connectivity index (χ3n) is 4.93. The summed E-state index contributed by atoms with van der Waals surface area (Å²) in [6.45, 7) is 2.43. The van der Waals surface area contributed by atoms with Crippen molar-refractivity contribution in [2.75, 3.05) is 25.9 Å². The molecule has 0 saturated carbocycles. The zero-order valence-corrected chi connectivity index (χ0v) is 14.1. The summed E-state index contributed by atoms with van der Waals surface area (Å²) < 4.78 is 2.46. The average molecular weight is 316 g/mol. The van der Waals surface area contributed by atoms with Crippen molar-refractivity contribution in [3.63, 3.8) is 0 Å². The van der Waals surface area contributed by atoms with E-state index < -0.39 is 0 Å². The number of likely N-dealkylation sites (tertiary alicyclic amines) is 1.